The van der Waals surface area contributed by atoms with Crippen molar-refractivity contribution in [2.24, 2.45) is 10.4 Å². The van der Waals surface area contributed by atoms with Gasteiger partial charge in [-0.05, 0) is 55.5 Å². The van der Waals surface area contributed by atoms with E-state index in [1.54, 1.807) is 24.3 Å². The van der Waals surface area contributed by atoms with Gasteiger partial charge in [-0.1, -0.05) is 36.7 Å². The van der Waals surface area contributed by atoms with Crippen LogP contribution in [-0.4, -0.2) is 17.4 Å². The zero-order valence-electron chi connectivity index (χ0n) is 15.3. The molecule has 0 amide bonds. The van der Waals surface area contributed by atoms with Crippen LogP contribution < -0.4 is 10.9 Å². The van der Waals surface area contributed by atoms with Gasteiger partial charge in [0.1, 0.15) is 0 Å². The van der Waals surface area contributed by atoms with Gasteiger partial charge in [0.2, 0.25) is 5.78 Å². The normalized spacial score (nSPS) is 11.8. The van der Waals surface area contributed by atoms with Crippen molar-refractivity contribution in [2.45, 2.75) is 27.7 Å². The molecular formula is C20H22BrN3O2. The van der Waals surface area contributed by atoms with Crippen molar-refractivity contribution in [1.29, 1.82) is 0 Å². The van der Waals surface area contributed by atoms with Gasteiger partial charge < -0.3 is 0 Å². The van der Waals surface area contributed by atoms with Gasteiger partial charge in [-0.3, -0.25) is 20.4 Å². The molecule has 6 heteroatoms. The smallest absolute Gasteiger partial charge is 0.204 e. The number of hydrogen-bond acceptors (Lipinski definition) is 4. The summed E-state index contributed by atoms with van der Waals surface area (Å²) in [5.74, 6) is 0.105. The summed E-state index contributed by atoms with van der Waals surface area (Å²) in [4.78, 5) is 28.5. The molecule has 2 N–H and O–H groups in total. The fraction of sp³-hybridized carbons (Fsp3) is 0.250. The third-order valence-corrected chi connectivity index (χ3v) is 4.11. The first-order chi connectivity index (χ1) is 12.2. The average molecular weight is 416 g/mol. The zero-order chi connectivity index (χ0) is 19.3. The Morgan fingerprint density at radius 2 is 1.54 bits per heavy atom. The molecule has 0 unspecified atom stereocenters. The molecule has 2 aromatic carbocycles. The minimum absolute atomic E-state index is 0.00455. The molecule has 2 rings (SSSR count). The van der Waals surface area contributed by atoms with E-state index in [0.29, 0.717) is 11.3 Å². The van der Waals surface area contributed by atoms with E-state index in [-0.39, 0.29) is 17.4 Å². The number of nitrogens with one attached hydrogen (secondary N) is 2. The van der Waals surface area contributed by atoms with Gasteiger partial charge >= 0.3 is 0 Å². The number of hydrazine groups is 1. The molecule has 0 aliphatic heterocycles. The van der Waals surface area contributed by atoms with E-state index >= 15 is 0 Å². The highest BCUT2D eigenvalue weighted by Crippen LogP contribution is 2.20. The van der Waals surface area contributed by atoms with Crippen LogP contribution in [0.3, 0.4) is 0 Å². The van der Waals surface area contributed by atoms with Crippen molar-refractivity contribution >= 4 is 44.7 Å². The summed E-state index contributed by atoms with van der Waals surface area (Å²) in [5.41, 5.74) is 7.32. The fourth-order valence-electron chi connectivity index (χ4n) is 2.06. The number of benzene rings is 2. The topological polar surface area (TPSA) is 70.6 Å². The molecule has 0 saturated carbocycles. The van der Waals surface area contributed by atoms with E-state index in [0.717, 1.165) is 10.2 Å². The number of aliphatic imine (C=N–C) groups is 1. The van der Waals surface area contributed by atoms with Crippen LogP contribution >= 0.6 is 15.9 Å². The summed E-state index contributed by atoms with van der Waals surface area (Å²) < 4.78 is 0.941. The van der Waals surface area contributed by atoms with Crippen LogP contribution in [0.2, 0.25) is 0 Å². The minimum atomic E-state index is -0.582. The quantitative estimate of drug-likeness (QED) is 0.314. The Bertz CT molecular complexity index is 820. The molecule has 0 aliphatic carbocycles. The first-order valence-corrected chi connectivity index (χ1v) is 8.98. The summed E-state index contributed by atoms with van der Waals surface area (Å²) >= 11 is 3.38. The van der Waals surface area contributed by atoms with Crippen LogP contribution in [0.4, 0.5) is 11.4 Å². The van der Waals surface area contributed by atoms with E-state index in [4.69, 9.17) is 0 Å². The molecule has 0 saturated heterocycles. The highest BCUT2D eigenvalue weighted by molar-refractivity contribution is 9.10. The maximum atomic E-state index is 12.7. The third-order valence-electron chi connectivity index (χ3n) is 3.58. The van der Waals surface area contributed by atoms with Crippen molar-refractivity contribution in [3.05, 3.63) is 58.6 Å². The number of halogens is 1. The summed E-state index contributed by atoms with van der Waals surface area (Å²) in [6, 6.07) is 14.4. The second kappa shape index (κ2) is 8.27. The average Bonchev–Trinajstić information content (AvgIpc) is 2.59. The van der Waals surface area contributed by atoms with Crippen molar-refractivity contribution in [3.8, 4) is 0 Å². The number of Topliss-reactive ketones (excluding diaryl/α,β-unsaturated/α-hetero) is 2. The minimum Gasteiger partial charge on any atom is -0.300 e. The van der Waals surface area contributed by atoms with Crippen molar-refractivity contribution in [1.82, 2.24) is 5.43 Å². The highest BCUT2D eigenvalue weighted by Gasteiger charge is 2.26. The lowest BCUT2D eigenvalue weighted by Crippen LogP contribution is -2.41. The lowest BCUT2D eigenvalue weighted by molar-refractivity contribution is -0.119. The maximum Gasteiger partial charge on any atom is 0.204 e. The largest absolute Gasteiger partial charge is 0.300 e. The van der Waals surface area contributed by atoms with Crippen LogP contribution in [0.5, 0.6) is 0 Å². The van der Waals surface area contributed by atoms with Gasteiger partial charge in [0.25, 0.3) is 0 Å². The van der Waals surface area contributed by atoms with Gasteiger partial charge in [-0.2, -0.15) is 0 Å². The molecule has 0 heterocycles. The Balaban J connectivity index is 2.22. The lowest BCUT2D eigenvalue weighted by atomic mass is 9.90. The monoisotopic (exact) mass is 415 g/mol. The van der Waals surface area contributed by atoms with Crippen LogP contribution in [0.1, 0.15) is 38.1 Å². The molecule has 0 aliphatic rings. The molecule has 0 aromatic heterocycles. The molecule has 0 bridgehead atoms. The molecule has 2 aromatic rings. The summed E-state index contributed by atoms with van der Waals surface area (Å²) in [6.45, 7) is 7.05. The summed E-state index contributed by atoms with van der Waals surface area (Å²) in [7, 11) is 0. The standard InChI is InChI=1S/C20H22BrN3O2/c1-13(25)14-5-9-17(10-6-14)23-24-19(18(26)20(2,3)4)22-16-11-7-15(21)8-12-16/h5-12,23H,1-4H3,(H,22,24). The molecule has 136 valence electrons. The number of hydrogen-bond donors (Lipinski definition) is 2. The molecule has 0 fully saturated rings. The summed E-state index contributed by atoms with van der Waals surface area (Å²) in [6.07, 6.45) is 0. The van der Waals surface area contributed by atoms with Gasteiger partial charge in [-0.25, -0.2) is 4.99 Å². The number of carbonyl (C=O) groups excluding carboxylic acids is 2. The van der Waals surface area contributed by atoms with Gasteiger partial charge in [0, 0.05) is 15.5 Å². The maximum absolute atomic E-state index is 12.7. The number of amidine groups is 1. The van der Waals surface area contributed by atoms with Gasteiger partial charge in [-0.15, -0.1) is 0 Å². The van der Waals surface area contributed by atoms with E-state index in [1.165, 1.54) is 6.92 Å². The van der Waals surface area contributed by atoms with E-state index in [9.17, 15) is 9.59 Å². The Morgan fingerprint density at radius 1 is 0.962 bits per heavy atom. The molecule has 5 nitrogen and oxygen atoms in total. The van der Waals surface area contributed by atoms with Crippen molar-refractivity contribution in [2.75, 3.05) is 5.43 Å². The van der Waals surface area contributed by atoms with Crippen LogP contribution in [0.15, 0.2) is 58.0 Å². The molecular weight excluding hydrogens is 394 g/mol. The van der Waals surface area contributed by atoms with E-state index in [1.807, 2.05) is 45.0 Å². The first-order valence-electron chi connectivity index (χ1n) is 8.19. The number of rotatable bonds is 5. The molecule has 0 spiro atoms. The third kappa shape index (κ3) is 5.52. The number of carbonyl (C=O) groups is 2. The summed E-state index contributed by atoms with van der Waals surface area (Å²) in [5, 5.41) is 0. The van der Waals surface area contributed by atoms with E-state index < -0.39 is 5.41 Å². The SMILES string of the molecule is CC(=O)c1ccc(NNC(=Nc2ccc(Br)cc2)C(=O)C(C)(C)C)cc1. The van der Waals surface area contributed by atoms with Gasteiger partial charge in [0.05, 0.1) is 11.4 Å². The zero-order valence-corrected chi connectivity index (χ0v) is 16.8. The Morgan fingerprint density at radius 3 is 2.04 bits per heavy atom. The fourth-order valence-corrected chi connectivity index (χ4v) is 2.32. The predicted molar refractivity (Wildman–Crippen MR) is 109 cm³/mol. The lowest BCUT2D eigenvalue weighted by Gasteiger charge is -2.20. The van der Waals surface area contributed by atoms with Crippen LogP contribution in [0.25, 0.3) is 0 Å². The highest BCUT2D eigenvalue weighted by atomic mass is 79.9. The Labute approximate surface area is 162 Å². The van der Waals surface area contributed by atoms with Crippen LogP contribution in [-0.2, 0) is 4.79 Å². The van der Waals surface area contributed by atoms with Crippen molar-refractivity contribution in [3.63, 3.8) is 0 Å². The Hall–Kier alpha value is -2.47. The second-order valence-corrected chi connectivity index (χ2v) is 7.82. The van der Waals surface area contributed by atoms with E-state index in [2.05, 4.69) is 31.8 Å². The molecule has 0 atom stereocenters. The number of nitrogens with zero attached hydrogens (tertiary/aromatic N) is 1. The van der Waals surface area contributed by atoms with Crippen LogP contribution in [0, 0.1) is 5.41 Å². The van der Waals surface area contributed by atoms with Crippen molar-refractivity contribution < 1.29 is 9.59 Å². The first kappa shape index (κ1) is 19.8. The predicted octanol–water partition coefficient (Wildman–Crippen LogP) is 4.91. The molecule has 0 radical (unpaired) electrons. The number of ketones is 2. The van der Waals surface area contributed by atoms with Gasteiger partial charge in [0.15, 0.2) is 11.6 Å². The Kier molecular flexibility index (Phi) is 6.32. The number of anilines is 1. The second-order valence-electron chi connectivity index (χ2n) is 6.90. The molecule has 26 heavy (non-hydrogen) atoms.